The van der Waals surface area contributed by atoms with Gasteiger partial charge in [0.25, 0.3) is 5.56 Å². The summed E-state index contributed by atoms with van der Waals surface area (Å²) in [7, 11) is -3.19. The number of sulfone groups is 1. The van der Waals surface area contributed by atoms with Gasteiger partial charge in [-0.25, -0.2) is 13.2 Å². The van der Waals surface area contributed by atoms with E-state index in [0.717, 1.165) is 4.57 Å². The highest BCUT2D eigenvalue weighted by Gasteiger charge is 2.13. The second kappa shape index (κ2) is 5.81. The highest BCUT2D eigenvalue weighted by Crippen LogP contribution is 1.97. The number of nitrogens with zero attached hydrogens (tertiary/aromatic N) is 1. The Labute approximate surface area is 105 Å². The van der Waals surface area contributed by atoms with E-state index < -0.39 is 21.4 Å². The van der Waals surface area contributed by atoms with Crippen molar-refractivity contribution in [2.75, 3.05) is 11.5 Å². The van der Waals surface area contributed by atoms with Gasteiger partial charge >= 0.3 is 5.97 Å². The summed E-state index contributed by atoms with van der Waals surface area (Å²) in [4.78, 5) is 22.4. The van der Waals surface area contributed by atoms with Crippen LogP contribution in [-0.2, 0) is 16.4 Å². The number of carbonyl (C=O) groups is 1. The van der Waals surface area contributed by atoms with Crippen molar-refractivity contribution in [2.45, 2.75) is 19.9 Å². The third kappa shape index (κ3) is 3.69. The van der Waals surface area contributed by atoms with E-state index in [1.807, 2.05) is 0 Å². The SMILES string of the molecule is CCCS(=O)(=O)CCn1cccc(C(=O)O)c1=O. The van der Waals surface area contributed by atoms with Crippen LogP contribution in [0.25, 0.3) is 0 Å². The van der Waals surface area contributed by atoms with Crippen molar-refractivity contribution in [1.82, 2.24) is 4.57 Å². The Bertz CT molecular complexity index is 588. The molecule has 0 radical (unpaired) electrons. The predicted octanol–water partition coefficient (Wildman–Crippen LogP) is 0.371. The van der Waals surface area contributed by atoms with E-state index in [9.17, 15) is 18.0 Å². The quantitative estimate of drug-likeness (QED) is 0.808. The molecule has 0 atom stereocenters. The summed E-state index contributed by atoms with van der Waals surface area (Å²) in [5.41, 5.74) is -1.04. The van der Waals surface area contributed by atoms with Gasteiger partial charge in [0.1, 0.15) is 5.56 Å². The minimum absolute atomic E-state index is 0.0255. The standard InChI is InChI=1S/C11H15NO5S/c1-2-7-18(16,17)8-6-12-5-3-4-9(10(12)13)11(14)15/h3-5H,2,6-8H2,1H3,(H,14,15). The van der Waals surface area contributed by atoms with E-state index in [1.165, 1.54) is 18.3 Å². The number of hydrogen-bond donors (Lipinski definition) is 1. The number of aryl methyl sites for hydroxylation is 1. The van der Waals surface area contributed by atoms with Crippen LogP contribution in [0.15, 0.2) is 23.1 Å². The van der Waals surface area contributed by atoms with Gasteiger partial charge in [0, 0.05) is 18.5 Å². The van der Waals surface area contributed by atoms with Crippen LogP contribution in [0, 0.1) is 0 Å². The van der Waals surface area contributed by atoms with Crippen LogP contribution in [0.2, 0.25) is 0 Å². The summed E-state index contributed by atoms with van der Waals surface area (Å²) in [6, 6.07) is 2.61. The van der Waals surface area contributed by atoms with E-state index in [2.05, 4.69) is 0 Å². The number of pyridine rings is 1. The lowest BCUT2D eigenvalue weighted by Crippen LogP contribution is -2.28. The van der Waals surface area contributed by atoms with Crippen LogP contribution in [-0.4, -0.2) is 35.6 Å². The monoisotopic (exact) mass is 273 g/mol. The smallest absolute Gasteiger partial charge is 0.341 e. The van der Waals surface area contributed by atoms with Gasteiger partial charge in [-0.2, -0.15) is 0 Å². The Kier molecular flexibility index (Phi) is 4.66. The molecule has 1 aromatic heterocycles. The minimum atomic E-state index is -3.19. The van der Waals surface area contributed by atoms with Crippen molar-refractivity contribution >= 4 is 15.8 Å². The van der Waals surface area contributed by atoms with E-state index in [-0.39, 0.29) is 23.6 Å². The van der Waals surface area contributed by atoms with Crippen molar-refractivity contribution in [2.24, 2.45) is 0 Å². The molecule has 1 aromatic rings. The summed E-state index contributed by atoms with van der Waals surface area (Å²) in [5, 5.41) is 8.77. The normalized spacial score (nSPS) is 11.4. The first-order chi connectivity index (χ1) is 8.37. The molecule has 0 fully saturated rings. The molecule has 0 saturated carbocycles. The highest BCUT2D eigenvalue weighted by molar-refractivity contribution is 7.91. The van der Waals surface area contributed by atoms with E-state index >= 15 is 0 Å². The van der Waals surface area contributed by atoms with E-state index in [4.69, 9.17) is 5.11 Å². The molecular formula is C11H15NO5S. The lowest BCUT2D eigenvalue weighted by Gasteiger charge is -2.06. The average molecular weight is 273 g/mol. The summed E-state index contributed by atoms with van der Waals surface area (Å²) in [6.45, 7) is 1.73. The predicted molar refractivity (Wildman–Crippen MR) is 66.6 cm³/mol. The van der Waals surface area contributed by atoms with E-state index in [1.54, 1.807) is 6.92 Å². The van der Waals surface area contributed by atoms with Gasteiger partial charge in [0.15, 0.2) is 9.84 Å². The van der Waals surface area contributed by atoms with Crippen molar-refractivity contribution in [3.8, 4) is 0 Å². The molecule has 1 N–H and O–H groups in total. The molecular weight excluding hydrogens is 258 g/mol. The Morgan fingerprint density at radius 2 is 2.06 bits per heavy atom. The number of carboxylic acid groups (broad SMARTS) is 1. The van der Waals surface area contributed by atoms with Crippen molar-refractivity contribution in [3.63, 3.8) is 0 Å². The Morgan fingerprint density at radius 1 is 1.39 bits per heavy atom. The van der Waals surface area contributed by atoms with Crippen LogP contribution in [0.4, 0.5) is 0 Å². The molecule has 0 aromatic carbocycles. The average Bonchev–Trinajstić information content (AvgIpc) is 2.27. The zero-order valence-corrected chi connectivity index (χ0v) is 10.8. The number of hydrogen-bond acceptors (Lipinski definition) is 4. The van der Waals surface area contributed by atoms with Crippen molar-refractivity contribution in [3.05, 3.63) is 34.2 Å². The number of aromatic nitrogens is 1. The summed E-state index contributed by atoms with van der Waals surface area (Å²) < 4.78 is 24.1. The first kappa shape index (κ1) is 14.4. The molecule has 0 aliphatic rings. The van der Waals surface area contributed by atoms with Crippen molar-refractivity contribution < 1.29 is 18.3 Å². The third-order valence-electron chi connectivity index (χ3n) is 2.41. The molecule has 0 spiro atoms. The fourth-order valence-corrected chi connectivity index (χ4v) is 2.83. The van der Waals surface area contributed by atoms with Gasteiger partial charge in [-0.05, 0) is 18.6 Å². The number of aromatic carboxylic acids is 1. The molecule has 0 amide bonds. The van der Waals surface area contributed by atoms with Gasteiger partial charge in [0.2, 0.25) is 0 Å². The molecule has 1 rings (SSSR count). The van der Waals surface area contributed by atoms with Gasteiger partial charge in [-0.15, -0.1) is 0 Å². The Balaban J connectivity index is 2.91. The molecule has 1 heterocycles. The molecule has 0 aliphatic heterocycles. The molecule has 0 aliphatic carbocycles. The molecule has 6 nitrogen and oxygen atoms in total. The third-order valence-corrected chi connectivity index (χ3v) is 4.24. The first-order valence-corrected chi connectivity index (χ1v) is 7.32. The largest absolute Gasteiger partial charge is 0.477 e. The number of rotatable bonds is 6. The maximum Gasteiger partial charge on any atom is 0.341 e. The maximum absolute atomic E-state index is 11.7. The fraction of sp³-hybridized carbons (Fsp3) is 0.455. The van der Waals surface area contributed by atoms with Crippen LogP contribution < -0.4 is 5.56 Å². The molecule has 0 saturated heterocycles. The topological polar surface area (TPSA) is 93.4 Å². The van der Waals surface area contributed by atoms with Crippen molar-refractivity contribution in [1.29, 1.82) is 0 Å². The summed E-state index contributed by atoms with van der Waals surface area (Å²) in [6.07, 6.45) is 1.91. The van der Waals surface area contributed by atoms with Gasteiger partial charge in [0.05, 0.1) is 5.75 Å². The maximum atomic E-state index is 11.7. The summed E-state index contributed by atoms with van der Waals surface area (Å²) in [5.74, 6) is -1.41. The minimum Gasteiger partial charge on any atom is -0.477 e. The Morgan fingerprint density at radius 3 is 2.61 bits per heavy atom. The number of carboxylic acids is 1. The zero-order valence-electron chi connectivity index (χ0n) is 10.00. The molecule has 7 heteroatoms. The first-order valence-electron chi connectivity index (χ1n) is 5.50. The molecule has 100 valence electrons. The Hall–Kier alpha value is -1.63. The summed E-state index contributed by atoms with van der Waals surface area (Å²) >= 11 is 0. The van der Waals surface area contributed by atoms with Crippen LogP contribution in [0.1, 0.15) is 23.7 Å². The molecule has 18 heavy (non-hydrogen) atoms. The second-order valence-corrected chi connectivity index (χ2v) is 6.18. The lowest BCUT2D eigenvalue weighted by molar-refractivity contribution is 0.0694. The molecule has 0 unspecified atom stereocenters. The van der Waals surface area contributed by atoms with Crippen LogP contribution >= 0.6 is 0 Å². The van der Waals surface area contributed by atoms with Crippen LogP contribution in [0.3, 0.4) is 0 Å². The zero-order chi connectivity index (χ0) is 13.8. The molecule has 0 bridgehead atoms. The van der Waals surface area contributed by atoms with Gasteiger partial charge < -0.3 is 9.67 Å². The second-order valence-electron chi connectivity index (χ2n) is 3.88. The van der Waals surface area contributed by atoms with Crippen LogP contribution in [0.5, 0.6) is 0 Å². The van der Waals surface area contributed by atoms with Gasteiger partial charge in [-0.1, -0.05) is 6.92 Å². The lowest BCUT2D eigenvalue weighted by atomic mass is 10.3. The van der Waals surface area contributed by atoms with Gasteiger partial charge in [-0.3, -0.25) is 4.79 Å². The fourth-order valence-electron chi connectivity index (χ4n) is 1.53. The van der Waals surface area contributed by atoms with E-state index in [0.29, 0.717) is 6.42 Å². The highest BCUT2D eigenvalue weighted by atomic mass is 32.2.